The van der Waals surface area contributed by atoms with Crippen LogP contribution in [0.3, 0.4) is 0 Å². The van der Waals surface area contributed by atoms with Crippen molar-refractivity contribution in [1.82, 2.24) is 9.97 Å². The molecule has 152 valence electrons. The largest absolute Gasteiger partial charge is 0.508 e. The van der Waals surface area contributed by atoms with Gasteiger partial charge in [0.2, 0.25) is 0 Å². The Morgan fingerprint density at radius 2 is 1.60 bits per heavy atom. The average Bonchev–Trinajstić information content (AvgIpc) is 3.24. The second-order valence-corrected chi connectivity index (χ2v) is 8.10. The molecule has 0 atom stereocenters. The Kier molecular flexibility index (Phi) is 4.88. The smallest absolute Gasteiger partial charge is 0.141 e. The molecule has 0 aliphatic carbocycles. The molecule has 1 saturated heterocycles. The number of ether oxygens (including phenoxy) is 1. The van der Waals surface area contributed by atoms with Crippen LogP contribution in [0.1, 0.15) is 0 Å². The molecule has 0 saturated carbocycles. The first-order valence-corrected chi connectivity index (χ1v) is 10.8. The van der Waals surface area contributed by atoms with Gasteiger partial charge in [-0.25, -0.2) is 9.97 Å². The standard InChI is InChI=1S/C23H22N4O2S/c1-29-19-8-2-16(3-9-19)20-14-30-23-21(20)22(24-15-25-23)27-12-10-26(11-13-27)17-4-6-18(28)7-5-17/h2-9,14-15,28H,10-13H2,1H3. The molecule has 2 aromatic heterocycles. The molecule has 3 heterocycles. The molecule has 30 heavy (non-hydrogen) atoms. The number of fused-ring (bicyclic) bond motifs is 1. The minimum absolute atomic E-state index is 0.296. The van der Waals surface area contributed by atoms with Crippen molar-refractivity contribution in [2.45, 2.75) is 0 Å². The predicted octanol–water partition coefficient (Wildman–Crippen LogP) is 4.40. The average molecular weight is 419 g/mol. The van der Waals surface area contributed by atoms with Crippen molar-refractivity contribution in [3.8, 4) is 22.6 Å². The summed E-state index contributed by atoms with van der Waals surface area (Å²) < 4.78 is 5.30. The normalized spacial score (nSPS) is 14.3. The van der Waals surface area contributed by atoms with E-state index in [0.717, 1.165) is 64.8 Å². The molecule has 0 bridgehead atoms. The van der Waals surface area contributed by atoms with Gasteiger partial charge >= 0.3 is 0 Å². The number of rotatable bonds is 4. The summed E-state index contributed by atoms with van der Waals surface area (Å²) in [6.45, 7) is 3.56. The van der Waals surface area contributed by atoms with Gasteiger partial charge in [0, 0.05) is 42.8 Å². The Labute approximate surface area is 179 Å². The molecule has 4 aromatic rings. The van der Waals surface area contributed by atoms with Crippen LogP contribution in [0.2, 0.25) is 0 Å². The Hall–Kier alpha value is -3.32. The molecular weight excluding hydrogens is 396 g/mol. The van der Waals surface area contributed by atoms with Gasteiger partial charge in [-0.05, 0) is 42.0 Å². The summed E-state index contributed by atoms with van der Waals surface area (Å²) >= 11 is 1.65. The molecule has 2 aromatic carbocycles. The van der Waals surface area contributed by atoms with Crippen molar-refractivity contribution in [1.29, 1.82) is 0 Å². The highest BCUT2D eigenvalue weighted by molar-refractivity contribution is 7.17. The van der Waals surface area contributed by atoms with Crippen LogP contribution >= 0.6 is 11.3 Å². The van der Waals surface area contributed by atoms with E-state index < -0.39 is 0 Å². The minimum atomic E-state index is 0.296. The number of phenolic OH excluding ortho intramolecular Hbond substituents is 1. The first-order chi connectivity index (χ1) is 14.7. The number of thiophene rings is 1. The van der Waals surface area contributed by atoms with Crippen LogP contribution in [-0.2, 0) is 0 Å². The Bertz CT molecular complexity index is 1150. The third kappa shape index (κ3) is 3.41. The van der Waals surface area contributed by atoms with E-state index in [2.05, 4.69) is 37.3 Å². The lowest BCUT2D eigenvalue weighted by molar-refractivity contribution is 0.415. The predicted molar refractivity (Wildman–Crippen MR) is 122 cm³/mol. The number of anilines is 2. The summed E-state index contributed by atoms with van der Waals surface area (Å²) in [4.78, 5) is 14.9. The summed E-state index contributed by atoms with van der Waals surface area (Å²) in [5.74, 6) is 2.14. The molecule has 6 nitrogen and oxygen atoms in total. The molecule has 1 aliphatic heterocycles. The maximum Gasteiger partial charge on any atom is 0.141 e. The molecule has 1 N–H and O–H groups in total. The number of aromatic hydroxyl groups is 1. The molecular formula is C23H22N4O2S. The fraction of sp³-hybridized carbons (Fsp3) is 0.217. The number of piperazine rings is 1. The Morgan fingerprint density at radius 3 is 2.30 bits per heavy atom. The van der Waals surface area contributed by atoms with E-state index in [1.807, 2.05) is 24.3 Å². The van der Waals surface area contributed by atoms with Crippen LogP contribution in [0.4, 0.5) is 11.5 Å². The third-order valence-electron chi connectivity index (χ3n) is 5.55. The number of aromatic nitrogens is 2. The third-order valence-corrected chi connectivity index (χ3v) is 6.43. The lowest BCUT2D eigenvalue weighted by Gasteiger charge is -2.37. The molecule has 5 rings (SSSR count). The van der Waals surface area contributed by atoms with Crippen LogP contribution in [0.25, 0.3) is 21.3 Å². The van der Waals surface area contributed by atoms with Gasteiger partial charge in [-0.1, -0.05) is 12.1 Å². The van der Waals surface area contributed by atoms with Crippen molar-refractivity contribution in [2.24, 2.45) is 0 Å². The Balaban J connectivity index is 1.43. The first-order valence-electron chi connectivity index (χ1n) is 9.88. The number of hydrogen-bond acceptors (Lipinski definition) is 7. The van der Waals surface area contributed by atoms with Crippen molar-refractivity contribution in [2.75, 3.05) is 43.1 Å². The van der Waals surface area contributed by atoms with Gasteiger partial charge in [-0.3, -0.25) is 0 Å². The summed E-state index contributed by atoms with van der Waals surface area (Å²) in [5.41, 5.74) is 3.43. The van der Waals surface area contributed by atoms with E-state index in [9.17, 15) is 5.11 Å². The summed E-state index contributed by atoms with van der Waals surface area (Å²) in [6.07, 6.45) is 1.66. The number of hydrogen-bond donors (Lipinski definition) is 1. The molecule has 0 amide bonds. The summed E-state index contributed by atoms with van der Waals surface area (Å²) in [5, 5.41) is 12.8. The minimum Gasteiger partial charge on any atom is -0.508 e. The highest BCUT2D eigenvalue weighted by Gasteiger charge is 2.22. The maximum atomic E-state index is 9.53. The van der Waals surface area contributed by atoms with Crippen LogP contribution in [0.5, 0.6) is 11.5 Å². The highest BCUT2D eigenvalue weighted by atomic mass is 32.1. The van der Waals surface area contributed by atoms with Crippen molar-refractivity contribution in [3.05, 3.63) is 60.2 Å². The van der Waals surface area contributed by atoms with E-state index in [1.165, 1.54) is 0 Å². The topological polar surface area (TPSA) is 61.7 Å². The van der Waals surface area contributed by atoms with Gasteiger partial charge in [0.25, 0.3) is 0 Å². The fourth-order valence-electron chi connectivity index (χ4n) is 3.92. The van der Waals surface area contributed by atoms with Crippen LogP contribution < -0.4 is 14.5 Å². The maximum absolute atomic E-state index is 9.53. The van der Waals surface area contributed by atoms with Gasteiger partial charge in [-0.15, -0.1) is 11.3 Å². The van der Waals surface area contributed by atoms with Gasteiger partial charge in [0.05, 0.1) is 12.5 Å². The second kappa shape index (κ2) is 7.84. The van der Waals surface area contributed by atoms with Crippen molar-refractivity contribution in [3.63, 3.8) is 0 Å². The van der Waals surface area contributed by atoms with Crippen LogP contribution in [0, 0.1) is 0 Å². The number of phenols is 1. The van der Waals surface area contributed by atoms with E-state index in [1.54, 1.807) is 36.9 Å². The van der Waals surface area contributed by atoms with Crippen molar-refractivity contribution < 1.29 is 9.84 Å². The summed E-state index contributed by atoms with van der Waals surface area (Å²) in [7, 11) is 1.68. The lowest BCUT2D eigenvalue weighted by Crippen LogP contribution is -2.46. The SMILES string of the molecule is COc1ccc(-c2csc3ncnc(N4CCN(c5ccc(O)cc5)CC4)c23)cc1. The van der Waals surface area contributed by atoms with Crippen LogP contribution in [0.15, 0.2) is 60.2 Å². The van der Waals surface area contributed by atoms with Gasteiger partial charge in [0.1, 0.15) is 28.5 Å². The molecule has 0 unspecified atom stereocenters. The van der Waals surface area contributed by atoms with Gasteiger partial charge in [0.15, 0.2) is 0 Å². The zero-order chi connectivity index (χ0) is 20.5. The fourth-order valence-corrected chi connectivity index (χ4v) is 4.83. The number of methoxy groups -OCH3 is 1. The lowest BCUT2D eigenvalue weighted by atomic mass is 10.1. The zero-order valence-electron chi connectivity index (χ0n) is 16.7. The van der Waals surface area contributed by atoms with E-state index in [-0.39, 0.29) is 0 Å². The number of nitrogens with zero attached hydrogens (tertiary/aromatic N) is 4. The van der Waals surface area contributed by atoms with Crippen molar-refractivity contribution >= 4 is 33.1 Å². The monoisotopic (exact) mass is 418 g/mol. The van der Waals surface area contributed by atoms with Gasteiger partial charge in [-0.2, -0.15) is 0 Å². The molecule has 1 fully saturated rings. The molecule has 1 aliphatic rings. The second-order valence-electron chi connectivity index (χ2n) is 7.25. The first kappa shape index (κ1) is 18.7. The van der Waals surface area contributed by atoms with Crippen LogP contribution in [-0.4, -0.2) is 48.4 Å². The quantitative estimate of drug-likeness (QED) is 0.530. The molecule has 0 spiro atoms. The summed E-state index contributed by atoms with van der Waals surface area (Å²) in [6, 6.07) is 15.5. The number of benzene rings is 2. The highest BCUT2D eigenvalue weighted by Crippen LogP contribution is 2.38. The van der Waals surface area contributed by atoms with E-state index in [0.29, 0.717) is 5.75 Å². The van der Waals surface area contributed by atoms with E-state index >= 15 is 0 Å². The Morgan fingerprint density at radius 1 is 0.900 bits per heavy atom. The van der Waals surface area contributed by atoms with E-state index in [4.69, 9.17) is 4.74 Å². The molecule has 0 radical (unpaired) electrons. The van der Waals surface area contributed by atoms with Gasteiger partial charge < -0.3 is 19.6 Å². The molecule has 7 heteroatoms. The zero-order valence-corrected chi connectivity index (χ0v) is 17.5.